The van der Waals surface area contributed by atoms with Crippen molar-refractivity contribution in [3.05, 3.63) is 47.8 Å². The molecule has 1 aliphatic rings. The van der Waals surface area contributed by atoms with Gasteiger partial charge in [0.15, 0.2) is 0 Å². The van der Waals surface area contributed by atoms with E-state index in [0.29, 0.717) is 11.3 Å². The molecule has 2 N–H and O–H groups in total. The summed E-state index contributed by atoms with van der Waals surface area (Å²) in [5.74, 6) is 0.282. The molecule has 0 spiro atoms. The van der Waals surface area contributed by atoms with Crippen LogP contribution in [0.25, 0.3) is 0 Å². The normalized spacial score (nSPS) is 14.5. The SMILES string of the molecule is COC(=O)c1ccc(C)c(NC(=O)NC2CCN(c3ncccn3)CC2)c1. The van der Waals surface area contributed by atoms with Crippen LogP contribution in [0.3, 0.4) is 0 Å². The van der Waals surface area contributed by atoms with E-state index in [2.05, 4.69) is 25.5 Å². The number of aromatic nitrogens is 2. The number of carbonyl (C=O) groups is 2. The van der Waals surface area contributed by atoms with Crippen LogP contribution < -0.4 is 15.5 Å². The summed E-state index contributed by atoms with van der Waals surface area (Å²) in [5, 5.41) is 5.82. The Morgan fingerprint density at radius 2 is 1.89 bits per heavy atom. The highest BCUT2D eigenvalue weighted by Gasteiger charge is 2.22. The Kier molecular flexibility index (Phi) is 5.85. The largest absolute Gasteiger partial charge is 0.465 e. The minimum atomic E-state index is -0.436. The van der Waals surface area contributed by atoms with Gasteiger partial charge in [-0.15, -0.1) is 0 Å². The predicted octanol–water partition coefficient (Wildman–Crippen LogP) is 2.36. The standard InChI is InChI=1S/C19H23N5O3/c1-13-4-5-14(17(25)27-2)12-16(13)23-19(26)22-15-6-10-24(11-7-15)18-20-8-3-9-21-18/h3-5,8-9,12,15H,6-7,10-11H2,1-2H3,(H2,22,23,26). The van der Waals surface area contributed by atoms with Crippen molar-refractivity contribution in [3.8, 4) is 0 Å². The first-order valence-corrected chi connectivity index (χ1v) is 8.85. The molecule has 0 aliphatic carbocycles. The number of urea groups is 1. The van der Waals surface area contributed by atoms with Crippen LogP contribution in [0.15, 0.2) is 36.7 Å². The molecule has 0 radical (unpaired) electrons. The molecular formula is C19H23N5O3. The van der Waals surface area contributed by atoms with E-state index < -0.39 is 5.97 Å². The highest BCUT2D eigenvalue weighted by Crippen LogP contribution is 2.19. The predicted molar refractivity (Wildman–Crippen MR) is 102 cm³/mol. The molecular weight excluding hydrogens is 346 g/mol. The molecule has 0 bridgehead atoms. The maximum absolute atomic E-state index is 12.4. The highest BCUT2D eigenvalue weighted by atomic mass is 16.5. The monoisotopic (exact) mass is 369 g/mol. The Morgan fingerprint density at radius 1 is 1.19 bits per heavy atom. The lowest BCUT2D eigenvalue weighted by molar-refractivity contribution is 0.0600. The Morgan fingerprint density at radius 3 is 2.56 bits per heavy atom. The van der Waals surface area contributed by atoms with Crippen LogP contribution in [-0.2, 0) is 4.74 Å². The number of hydrogen-bond donors (Lipinski definition) is 2. The zero-order chi connectivity index (χ0) is 19.2. The molecule has 1 aromatic heterocycles. The molecule has 27 heavy (non-hydrogen) atoms. The molecule has 8 heteroatoms. The molecule has 0 saturated carbocycles. The fourth-order valence-electron chi connectivity index (χ4n) is 3.02. The summed E-state index contributed by atoms with van der Waals surface area (Å²) in [5.41, 5.74) is 1.86. The molecule has 0 atom stereocenters. The second kappa shape index (κ2) is 8.48. The average molecular weight is 369 g/mol. The van der Waals surface area contributed by atoms with Gasteiger partial charge in [-0.2, -0.15) is 0 Å². The summed E-state index contributed by atoms with van der Waals surface area (Å²) in [6.07, 6.45) is 5.08. The van der Waals surface area contributed by atoms with E-state index in [0.717, 1.165) is 37.4 Å². The van der Waals surface area contributed by atoms with Gasteiger partial charge in [-0.25, -0.2) is 19.6 Å². The van der Waals surface area contributed by atoms with E-state index >= 15 is 0 Å². The molecule has 2 amide bonds. The number of rotatable bonds is 4. The summed E-state index contributed by atoms with van der Waals surface area (Å²) in [6.45, 7) is 3.44. The lowest BCUT2D eigenvalue weighted by atomic mass is 10.1. The first-order valence-electron chi connectivity index (χ1n) is 8.85. The lowest BCUT2D eigenvalue weighted by Crippen LogP contribution is -2.46. The quantitative estimate of drug-likeness (QED) is 0.803. The molecule has 3 rings (SSSR count). The Bertz CT molecular complexity index is 804. The molecule has 2 heterocycles. The molecule has 142 valence electrons. The molecule has 1 saturated heterocycles. The highest BCUT2D eigenvalue weighted by molar-refractivity contribution is 5.94. The second-order valence-corrected chi connectivity index (χ2v) is 6.43. The van der Waals surface area contributed by atoms with Crippen LogP contribution in [0.5, 0.6) is 0 Å². The van der Waals surface area contributed by atoms with E-state index in [4.69, 9.17) is 4.74 Å². The average Bonchev–Trinajstić information content (AvgIpc) is 2.70. The number of amides is 2. The minimum Gasteiger partial charge on any atom is -0.465 e. The van der Waals surface area contributed by atoms with Crippen molar-refractivity contribution in [3.63, 3.8) is 0 Å². The number of nitrogens with one attached hydrogen (secondary N) is 2. The van der Waals surface area contributed by atoms with Crippen LogP contribution in [0.1, 0.15) is 28.8 Å². The van der Waals surface area contributed by atoms with Gasteiger partial charge in [-0.05, 0) is 43.5 Å². The molecule has 8 nitrogen and oxygen atoms in total. The van der Waals surface area contributed by atoms with Gasteiger partial charge in [-0.3, -0.25) is 0 Å². The number of benzene rings is 1. The summed E-state index contributed by atoms with van der Waals surface area (Å²) in [7, 11) is 1.33. The molecule has 1 fully saturated rings. The van der Waals surface area contributed by atoms with Gasteiger partial charge < -0.3 is 20.3 Å². The van der Waals surface area contributed by atoms with E-state index in [1.165, 1.54) is 7.11 Å². The fourth-order valence-corrected chi connectivity index (χ4v) is 3.02. The van der Waals surface area contributed by atoms with Crippen LogP contribution in [0.2, 0.25) is 0 Å². The van der Waals surface area contributed by atoms with Gasteiger partial charge in [0.25, 0.3) is 0 Å². The molecule has 2 aromatic rings. The summed E-state index contributed by atoms with van der Waals surface area (Å²) in [4.78, 5) is 34.7. The first kappa shape index (κ1) is 18.6. The number of nitrogens with zero attached hydrogens (tertiary/aromatic N) is 3. The number of carbonyl (C=O) groups excluding carboxylic acids is 2. The molecule has 0 unspecified atom stereocenters. The smallest absolute Gasteiger partial charge is 0.337 e. The summed E-state index contributed by atoms with van der Waals surface area (Å²) < 4.78 is 4.72. The fraction of sp³-hybridized carbons (Fsp3) is 0.368. The van der Waals surface area contributed by atoms with Crippen molar-refractivity contribution in [1.82, 2.24) is 15.3 Å². The van der Waals surface area contributed by atoms with Crippen molar-refractivity contribution >= 4 is 23.6 Å². The number of anilines is 2. The van der Waals surface area contributed by atoms with Crippen molar-refractivity contribution in [2.45, 2.75) is 25.8 Å². The van der Waals surface area contributed by atoms with E-state index in [9.17, 15) is 9.59 Å². The first-order chi connectivity index (χ1) is 13.1. The van der Waals surface area contributed by atoms with Gasteiger partial charge in [-0.1, -0.05) is 6.07 Å². The van der Waals surface area contributed by atoms with Gasteiger partial charge in [0.1, 0.15) is 0 Å². The number of piperidine rings is 1. The Hall–Kier alpha value is -3.16. The minimum absolute atomic E-state index is 0.0778. The van der Waals surface area contributed by atoms with Crippen molar-refractivity contribution < 1.29 is 14.3 Å². The maximum atomic E-state index is 12.4. The Balaban J connectivity index is 1.54. The van der Waals surface area contributed by atoms with Gasteiger partial charge >= 0.3 is 12.0 Å². The number of ether oxygens (including phenoxy) is 1. The topological polar surface area (TPSA) is 96.4 Å². The van der Waals surface area contributed by atoms with Crippen molar-refractivity contribution in [2.75, 3.05) is 30.4 Å². The van der Waals surface area contributed by atoms with E-state index in [1.54, 1.807) is 36.7 Å². The molecule has 1 aliphatic heterocycles. The number of hydrogen-bond acceptors (Lipinski definition) is 6. The van der Waals surface area contributed by atoms with Crippen molar-refractivity contribution in [1.29, 1.82) is 0 Å². The zero-order valence-electron chi connectivity index (χ0n) is 15.4. The third-order valence-electron chi connectivity index (χ3n) is 4.57. The number of esters is 1. The summed E-state index contributed by atoms with van der Waals surface area (Å²) in [6, 6.07) is 6.66. The lowest BCUT2D eigenvalue weighted by Gasteiger charge is -2.32. The second-order valence-electron chi connectivity index (χ2n) is 6.43. The van der Waals surface area contributed by atoms with Gasteiger partial charge in [0, 0.05) is 37.2 Å². The van der Waals surface area contributed by atoms with Crippen LogP contribution in [0.4, 0.5) is 16.4 Å². The number of methoxy groups -OCH3 is 1. The third-order valence-corrected chi connectivity index (χ3v) is 4.57. The van der Waals surface area contributed by atoms with Crippen molar-refractivity contribution in [2.24, 2.45) is 0 Å². The number of aryl methyl sites for hydroxylation is 1. The maximum Gasteiger partial charge on any atom is 0.337 e. The molecule has 1 aromatic carbocycles. The summed E-state index contributed by atoms with van der Waals surface area (Å²) >= 11 is 0. The third kappa shape index (κ3) is 4.72. The zero-order valence-corrected chi connectivity index (χ0v) is 15.4. The van der Waals surface area contributed by atoms with E-state index in [1.807, 2.05) is 6.92 Å². The van der Waals surface area contributed by atoms with E-state index in [-0.39, 0.29) is 12.1 Å². The van der Waals surface area contributed by atoms with Gasteiger partial charge in [0.05, 0.1) is 12.7 Å². The van der Waals surface area contributed by atoms with Crippen LogP contribution >= 0.6 is 0 Å². The van der Waals surface area contributed by atoms with Crippen LogP contribution in [0, 0.1) is 6.92 Å². The van der Waals surface area contributed by atoms with Crippen LogP contribution in [-0.4, -0.2) is 48.2 Å². The van der Waals surface area contributed by atoms with Gasteiger partial charge in [0.2, 0.25) is 5.95 Å². The Labute approximate surface area is 158 Å².